The minimum absolute atomic E-state index is 0.438. The number of rotatable bonds is 6. The standard InChI is InChI=1S/C24H25BN6O3/c1-30-10-9-18-22(27-12-14-5-3-6-15(11-14)25(33)34)28-23(29-24(18)30)20-16-7-4-8-17(21(26)32)19(16)13-31(20)2/h3-8,11,13,33-34H,9-10,12H2,1-2H3,(H2,26,32)(H,27,28,29). The lowest BCUT2D eigenvalue weighted by Gasteiger charge is -2.16. The van der Waals surface area contributed by atoms with E-state index in [-0.39, 0.29) is 0 Å². The van der Waals surface area contributed by atoms with Crippen LogP contribution in [0, 0.1) is 0 Å². The van der Waals surface area contributed by atoms with Crippen LogP contribution >= 0.6 is 0 Å². The molecular weight excluding hydrogens is 431 g/mol. The van der Waals surface area contributed by atoms with Gasteiger partial charge in [0.15, 0.2) is 5.82 Å². The van der Waals surface area contributed by atoms with E-state index in [4.69, 9.17) is 15.7 Å². The van der Waals surface area contributed by atoms with Crippen molar-refractivity contribution in [3.05, 3.63) is 65.4 Å². The molecule has 0 aliphatic carbocycles. The summed E-state index contributed by atoms with van der Waals surface area (Å²) in [4.78, 5) is 23.8. The first-order valence-electron chi connectivity index (χ1n) is 11.0. The predicted octanol–water partition coefficient (Wildman–Crippen LogP) is 1.02. The number of nitrogens with zero attached hydrogens (tertiary/aromatic N) is 4. The number of amides is 1. The number of nitrogens with two attached hydrogens (primary N) is 1. The second-order valence-electron chi connectivity index (χ2n) is 8.56. The number of carbonyl (C=O) groups is 1. The van der Waals surface area contributed by atoms with Crippen LogP contribution in [0.3, 0.4) is 0 Å². The fourth-order valence-corrected chi connectivity index (χ4v) is 4.56. The monoisotopic (exact) mass is 456 g/mol. The first kappa shape index (κ1) is 21.9. The van der Waals surface area contributed by atoms with Crippen molar-refractivity contribution in [3.63, 3.8) is 0 Å². The Morgan fingerprint density at radius 2 is 1.94 bits per heavy atom. The van der Waals surface area contributed by atoms with Crippen LogP contribution in [0.4, 0.5) is 11.6 Å². The molecule has 3 heterocycles. The lowest BCUT2D eigenvalue weighted by atomic mass is 9.79. The van der Waals surface area contributed by atoms with Crippen LogP contribution in [0.25, 0.3) is 22.3 Å². The average molecular weight is 456 g/mol. The molecule has 34 heavy (non-hydrogen) atoms. The topological polar surface area (TPSA) is 130 Å². The summed E-state index contributed by atoms with van der Waals surface area (Å²) in [6, 6.07) is 12.6. The number of hydrogen-bond acceptors (Lipinski definition) is 7. The zero-order valence-electron chi connectivity index (χ0n) is 19.0. The molecule has 2 aromatic carbocycles. The Balaban J connectivity index is 1.58. The van der Waals surface area contributed by atoms with Gasteiger partial charge in [0.1, 0.15) is 11.6 Å². The van der Waals surface area contributed by atoms with E-state index in [9.17, 15) is 14.8 Å². The molecule has 0 saturated carbocycles. The van der Waals surface area contributed by atoms with Crippen molar-refractivity contribution >= 4 is 40.9 Å². The molecule has 10 heteroatoms. The van der Waals surface area contributed by atoms with Crippen molar-refractivity contribution in [3.8, 4) is 11.5 Å². The van der Waals surface area contributed by atoms with Gasteiger partial charge in [0.2, 0.25) is 5.91 Å². The summed E-state index contributed by atoms with van der Waals surface area (Å²) in [7, 11) is 2.39. The van der Waals surface area contributed by atoms with Crippen LogP contribution in [0.15, 0.2) is 48.7 Å². The average Bonchev–Trinajstić information content (AvgIpc) is 3.36. The minimum Gasteiger partial charge on any atom is -0.423 e. The maximum absolute atomic E-state index is 11.9. The second kappa shape index (κ2) is 8.47. The lowest BCUT2D eigenvalue weighted by molar-refractivity contribution is 0.100. The Kier molecular flexibility index (Phi) is 5.47. The van der Waals surface area contributed by atoms with E-state index in [0.717, 1.165) is 52.2 Å². The molecule has 0 fully saturated rings. The van der Waals surface area contributed by atoms with E-state index in [1.54, 1.807) is 24.3 Å². The zero-order valence-corrected chi connectivity index (χ0v) is 19.0. The molecule has 2 aromatic heterocycles. The number of benzene rings is 2. The Hall–Kier alpha value is -3.89. The van der Waals surface area contributed by atoms with Crippen LogP contribution in [0.1, 0.15) is 21.5 Å². The second-order valence-corrected chi connectivity index (χ2v) is 8.56. The van der Waals surface area contributed by atoms with Gasteiger partial charge in [-0.2, -0.15) is 0 Å². The highest BCUT2D eigenvalue weighted by Gasteiger charge is 2.26. The predicted molar refractivity (Wildman–Crippen MR) is 133 cm³/mol. The normalized spacial score (nSPS) is 12.8. The summed E-state index contributed by atoms with van der Waals surface area (Å²) < 4.78 is 1.92. The quantitative estimate of drug-likeness (QED) is 0.319. The van der Waals surface area contributed by atoms with Gasteiger partial charge in [-0.05, 0) is 23.5 Å². The SMILES string of the molecule is CN1CCc2c(NCc3cccc(B(O)O)c3)nc(-c3c4cccc(C(N)=O)c4cn3C)nc21. The van der Waals surface area contributed by atoms with Crippen molar-refractivity contribution in [2.75, 3.05) is 23.8 Å². The summed E-state index contributed by atoms with van der Waals surface area (Å²) >= 11 is 0. The van der Waals surface area contributed by atoms with E-state index in [1.807, 2.05) is 43.1 Å². The molecule has 0 spiro atoms. The summed E-state index contributed by atoms with van der Waals surface area (Å²) in [6.45, 7) is 1.31. The number of aryl methyl sites for hydroxylation is 1. The summed E-state index contributed by atoms with van der Waals surface area (Å²) in [5.74, 6) is 1.68. The molecule has 9 nitrogen and oxygen atoms in total. The van der Waals surface area contributed by atoms with E-state index in [0.29, 0.717) is 23.4 Å². The van der Waals surface area contributed by atoms with Gasteiger partial charge in [-0.1, -0.05) is 36.4 Å². The highest BCUT2D eigenvalue weighted by molar-refractivity contribution is 6.58. The first-order chi connectivity index (χ1) is 16.3. The van der Waals surface area contributed by atoms with E-state index in [1.165, 1.54) is 0 Å². The van der Waals surface area contributed by atoms with Crippen molar-refractivity contribution in [1.29, 1.82) is 0 Å². The molecule has 1 aliphatic rings. The van der Waals surface area contributed by atoms with Crippen molar-refractivity contribution in [2.24, 2.45) is 12.8 Å². The number of hydrogen-bond donors (Lipinski definition) is 4. The zero-order chi connectivity index (χ0) is 24.0. The number of fused-ring (bicyclic) bond motifs is 2. The van der Waals surface area contributed by atoms with Crippen LogP contribution in [0.5, 0.6) is 0 Å². The van der Waals surface area contributed by atoms with Gasteiger partial charge in [0.25, 0.3) is 0 Å². The number of aromatic nitrogens is 3. The summed E-state index contributed by atoms with van der Waals surface area (Å²) in [5.41, 5.74) is 9.24. The minimum atomic E-state index is -1.51. The molecule has 0 unspecified atom stereocenters. The molecule has 4 aromatic rings. The number of anilines is 2. The molecule has 1 amide bonds. The van der Waals surface area contributed by atoms with Gasteiger partial charge in [0, 0.05) is 55.3 Å². The van der Waals surface area contributed by atoms with Crippen LogP contribution in [-0.4, -0.2) is 51.2 Å². The van der Waals surface area contributed by atoms with E-state index in [2.05, 4.69) is 10.2 Å². The molecule has 0 saturated heterocycles. The first-order valence-corrected chi connectivity index (χ1v) is 11.0. The molecule has 5 N–H and O–H groups in total. The number of nitrogens with one attached hydrogen (secondary N) is 1. The smallest absolute Gasteiger partial charge is 0.423 e. The molecule has 0 radical (unpaired) electrons. The highest BCUT2D eigenvalue weighted by Crippen LogP contribution is 2.36. The van der Waals surface area contributed by atoms with Gasteiger partial charge in [-0.3, -0.25) is 4.79 Å². The van der Waals surface area contributed by atoms with Crippen molar-refractivity contribution < 1.29 is 14.8 Å². The third kappa shape index (κ3) is 3.76. The van der Waals surface area contributed by atoms with Gasteiger partial charge in [0.05, 0.1) is 5.69 Å². The molecule has 172 valence electrons. The maximum atomic E-state index is 11.9. The Morgan fingerprint density at radius 3 is 2.71 bits per heavy atom. The number of likely N-dealkylation sites (N-methyl/N-ethyl adjacent to an activating group) is 1. The van der Waals surface area contributed by atoms with Crippen LogP contribution in [0.2, 0.25) is 0 Å². The van der Waals surface area contributed by atoms with Gasteiger partial charge in [-0.15, -0.1) is 0 Å². The number of carbonyl (C=O) groups excluding carboxylic acids is 1. The third-order valence-corrected chi connectivity index (χ3v) is 6.27. The lowest BCUT2D eigenvalue weighted by Crippen LogP contribution is -2.30. The maximum Gasteiger partial charge on any atom is 0.488 e. The van der Waals surface area contributed by atoms with Gasteiger partial charge in [-0.25, -0.2) is 9.97 Å². The van der Waals surface area contributed by atoms with Crippen LogP contribution in [-0.2, 0) is 20.0 Å². The largest absolute Gasteiger partial charge is 0.488 e. The Morgan fingerprint density at radius 1 is 1.15 bits per heavy atom. The fraction of sp³-hybridized carbons (Fsp3) is 0.208. The molecule has 1 aliphatic heterocycles. The summed E-state index contributed by atoms with van der Waals surface area (Å²) in [6.07, 6.45) is 2.70. The Labute approximate surface area is 197 Å². The highest BCUT2D eigenvalue weighted by atomic mass is 16.4. The van der Waals surface area contributed by atoms with Crippen molar-refractivity contribution in [1.82, 2.24) is 14.5 Å². The Bertz CT molecular complexity index is 1420. The molecule has 0 atom stereocenters. The van der Waals surface area contributed by atoms with Gasteiger partial charge >= 0.3 is 7.12 Å². The van der Waals surface area contributed by atoms with Crippen LogP contribution < -0.4 is 21.4 Å². The van der Waals surface area contributed by atoms with Crippen molar-refractivity contribution in [2.45, 2.75) is 13.0 Å². The molecule has 0 bridgehead atoms. The molecule has 5 rings (SSSR count). The van der Waals surface area contributed by atoms with E-state index >= 15 is 0 Å². The van der Waals surface area contributed by atoms with E-state index < -0.39 is 13.0 Å². The summed E-state index contributed by atoms with van der Waals surface area (Å²) in [5, 5.41) is 24.0. The fourth-order valence-electron chi connectivity index (χ4n) is 4.56. The number of primary amides is 1. The third-order valence-electron chi connectivity index (χ3n) is 6.27. The van der Waals surface area contributed by atoms with Gasteiger partial charge < -0.3 is 30.6 Å². The molecular formula is C24H25BN6O3.